The molecule has 5 heteroatoms. The van der Waals surface area contributed by atoms with E-state index in [1.54, 1.807) is 24.3 Å². The number of anilines is 1. The molecule has 0 atom stereocenters. The minimum Gasteiger partial charge on any atom is -0.469 e. The second-order valence-electron chi connectivity index (χ2n) is 4.62. The van der Waals surface area contributed by atoms with Crippen LogP contribution in [0.1, 0.15) is 42.5 Å². The molecule has 0 aliphatic carbocycles. The van der Waals surface area contributed by atoms with Crippen LogP contribution in [0.3, 0.4) is 0 Å². The number of hydrogen-bond acceptors (Lipinski definition) is 4. The summed E-state index contributed by atoms with van der Waals surface area (Å²) in [6.45, 7) is 0.640. The summed E-state index contributed by atoms with van der Waals surface area (Å²) in [4.78, 5) is 22.6. The first-order valence-electron chi connectivity index (χ1n) is 6.84. The van der Waals surface area contributed by atoms with Gasteiger partial charge >= 0.3 is 5.97 Å². The van der Waals surface area contributed by atoms with Crippen molar-refractivity contribution >= 4 is 17.6 Å². The third-order valence-corrected chi connectivity index (χ3v) is 2.99. The van der Waals surface area contributed by atoms with Crippen LogP contribution in [0.2, 0.25) is 0 Å². The Morgan fingerprint density at radius 3 is 2.40 bits per heavy atom. The van der Waals surface area contributed by atoms with Gasteiger partial charge in [-0.25, -0.2) is 0 Å². The zero-order valence-electron chi connectivity index (χ0n) is 11.9. The van der Waals surface area contributed by atoms with E-state index in [0.717, 1.165) is 25.7 Å². The van der Waals surface area contributed by atoms with E-state index in [2.05, 4.69) is 10.1 Å². The molecule has 1 amide bonds. The third kappa shape index (κ3) is 6.22. The molecule has 0 fully saturated rings. The molecule has 0 bridgehead atoms. The number of hydrogen-bond donors (Lipinski definition) is 2. The Labute approximate surface area is 119 Å². The highest BCUT2D eigenvalue weighted by Gasteiger charge is 2.04. The van der Waals surface area contributed by atoms with E-state index in [4.69, 9.17) is 5.73 Å². The van der Waals surface area contributed by atoms with Crippen molar-refractivity contribution in [2.45, 2.75) is 32.1 Å². The lowest BCUT2D eigenvalue weighted by Gasteiger charge is -2.05. The molecule has 0 aliphatic rings. The van der Waals surface area contributed by atoms with Gasteiger partial charge in [0.15, 0.2) is 0 Å². The van der Waals surface area contributed by atoms with Crippen molar-refractivity contribution in [3.05, 3.63) is 29.8 Å². The number of carbonyl (C=O) groups excluding carboxylic acids is 2. The van der Waals surface area contributed by atoms with Gasteiger partial charge in [-0.1, -0.05) is 12.8 Å². The number of esters is 1. The van der Waals surface area contributed by atoms with Gasteiger partial charge in [0.05, 0.1) is 7.11 Å². The summed E-state index contributed by atoms with van der Waals surface area (Å²) in [6.07, 6.45) is 4.15. The molecule has 20 heavy (non-hydrogen) atoms. The SMILES string of the molecule is COC(=O)CCCCCCNC(=O)c1ccc(N)cc1. The molecule has 0 heterocycles. The Morgan fingerprint density at radius 2 is 1.75 bits per heavy atom. The van der Waals surface area contributed by atoms with Crippen molar-refractivity contribution < 1.29 is 14.3 Å². The van der Waals surface area contributed by atoms with E-state index >= 15 is 0 Å². The summed E-state index contributed by atoms with van der Waals surface area (Å²) in [5, 5.41) is 2.86. The first kappa shape index (κ1) is 16.0. The average Bonchev–Trinajstić information content (AvgIpc) is 2.46. The minimum atomic E-state index is -0.165. The molecule has 0 unspecified atom stereocenters. The van der Waals surface area contributed by atoms with E-state index in [1.807, 2.05) is 0 Å². The van der Waals surface area contributed by atoms with Crippen LogP contribution in [0.15, 0.2) is 24.3 Å². The summed E-state index contributed by atoms with van der Waals surface area (Å²) >= 11 is 0. The minimum absolute atomic E-state index is 0.0837. The third-order valence-electron chi connectivity index (χ3n) is 2.99. The zero-order chi connectivity index (χ0) is 14.8. The molecule has 1 aromatic rings. The maximum Gasteiger partial charge on any atom is 0.305 e. The highest BCUT2D eigenvalue weighted by atomic mass is 16.5. The number of nitrogens with one attached hydrogen (secondary N) is 1. The topological polar surface area (TPSA) is 81.4 Å². The maximum absolute atomic E-state index is 11.8. The number of benzene rings is 1. The fourth-order valence-electron chi connectivity index (χ4n) is 1.79. The lowest BCUT2D eigenvalue weighted by molar-refractivity contribution is -0.140. The van der Waals surface area contributed by atoms with Gasteiger partial charge in [-0.15, -0.1) is 0 Å². The lowest BCUT2D eigenvalue weighted by Crippen LogP contribution is -2.24. The fourth-order valence-corrected chi connectivity index (χ4v) is 1.79. The van der Waals surface area contributed by atoms with Gasteiger partial charge in [-0.2, -0.15) is 0 Å². The molecule has 1 aromatic carbocycles. The van der Waals surface area contributed by atoms with Crippen LogP contribution < -0.4 is 11.1 Å². The molecule has 1 rings (SSSR count). The molecule has 0 spiro atoms. The smallest absolute Gasteiger partial charge is 0.305 e. The van der Waals surface area contributed by atoms with Gasteiger partial charge in [0.25, 0.3) is 5.91 Å². The van der Waals surface area contributed by atoms with Gasteiger partial charge in [0.1, 0.15) is 0 Å². The molecule has 5 nitrogen and oxygen atoms in total. The van der Waals surface area contributed by atoms with E-state index in [9.17, 15) is 9.59 Å². The molecule has 0 aromatic heterocycles. The quantitative estimate of drug-likeness (QED) is 0.433. The maximum atomic E-state index is 11.8. The van der Waals surface area contributed by atoms with Crippen LogP contribution in [0.5, 0.6) is 0 Å². The Hall–Kier alpha value is -2.04. The van der Waals surface area contributed by atoms with E-state index in [-0.39, 0.29) is 11.9 Å². The van der Waals surface area contributed by atoms with Crippen molar-refractivity contribution in [1.82, 2.24) is 5.32 Å². The summed E-state index contributed by atoms with van der Waals surface area (Å²) in [5.41, 5.74) is 6.82. The second-order valence-corrected chi connectivity index (χ2v) is 4.62. The number of nitrogens with two attached hydrogens (primary N) is 1. The average molecular weight is 278 g/mol. The van der Waals surface area contributed by atoms with Crippen LogP contribution in [-0.2, 0) is 9.53 Å². The summed E-state index contributed by atoms with van der Waals surface area (Å²) in [7, 11) is 1.40. The highest BCUT2D eigenvalue weighted by Crippen LogP contribution is 2.06. The van der Waals surface area contributed by atoms with Crippen LogP contribution >= 0.6 is 0 Å². The number of ether oxygens (including phenoxy) is 1. The molecule has 0 aliphatic heterocycles. The molecule has 110 valence electrons. The number of carbonyl (C=O) groups is 2. The monoisotopic (exact) mass is 278 g/mol. The van der Waals surface area contributed by atoms with E-state index in [0.29, 0.717) is 24.2 Å². The second kappa shape index (κ2) is 8.96. The zero-order valence-corrected chi connectivity index (χ0v) is 11.9. The van der Waals surface area contributed by atoms with Crippen molar-refractivity contribution in [2.24, 2.45) is 0 Å². The number of methoxy groups -OCH3 is 1. The van der Waals surface area contributed by atoms with Gasteiger partial charge < -0.3 is 15.8 Å². The summed E-state index contributed by atoms with van der Waals surface area (Å²) < 4.78 is 4.56. The molecular weight excluding hydrogens is 256 g/mol. The molecular formula is C15H22N2O3. The van der Waals surface area contributed by atoms with Crippen molar-refractivity contribution in [3.63, 3.8) is 0 Å². The Balaban J connectivity index is 2.08. The van der Waals surface area contributed by atoms with Gasteiger partial charge in [0, 0.05) is 24.2 Å². The van der Waals surface area contributed by atoms with Crippen LogP contribution in [0.25, 0.3) is 0 Å². The first-order chi connectivity index (χ1) is 9.63. The number of unbranched alkanes of at least 4 members (excludes halogenated alkanes) is 3. The lowest BCUT2D eigenvalue weighted by atomic mass is 10.1. The van der Waals surface area contributed by atoms with Gasteiger partial charge in [-0.3, -0.25) is 9.59 Å². The molecule has 0 saturated carbocycles. The van der Waals surface area contributed by atoms with Gasteiger partial charge in [-0.05, 0) is 37.1 Å². The number of rotatable bonds is 8. The number of amides is 1. The Bertz CT molecular complexity index is 429. The van der Waals surface area contributed by atoms with E-state index in [1.165, 1.54) is 7.11 Å². The van der Waals surface area contributed by atoms with Crippen LogP contribution in [0.4, 0.5) is 5.69 Å². The predicted octanol–water partition coefficient (Wildman–Crippen LogP) is 2.12. The van der Waals surface area contributed by atoms with Crippen LogP contribution in [0, 0.1) is 0 Å². The standard InChI is InChI=1S/C15H22N2O3/c1-20-14(18)6-4-2-3-5-11-17-15(19)12-7-9-13(16)10-8-12/h7-10H,2-6,11,16H2,1H3,(H,17,19). The van der Waals surface area contributed by atoms with Gasteiger partial charge in [0.2, 0.25) is 0 Å². The Morgan fingerprint density at radius 1 is 1.10 bits per heavy atom. The summed E-state index contributed by atoms with van der Waals surface area (Å²) in [6, 6.07) is 6.84. The molecule has 0 radical (unpaired) electrons. The van der Waals surface area contributed by atoms with E-state index < -0.39 is 0 Å². The molecule has 3 N–H and O–H groups in total. The first-order valence-corrected chi connectivity index (χ1v) is 6.84. The largest absolute Gasteiger partial charge is 0.469 e. The highest BCUT2D eigenvalue weighted by molar-refractivity contribution is 5.94. The Kier molecular flexibility index (Phi) is 7.17. The van der Waals surface area contributed by atoms with Crippen molar-refractivity contribution in [2.75, 3.05) is 19.4 Å². The summed E-state index contributed by atoms with van der Waals surface area (Å²) in [5.74, 6) is -0.249. The van der Waals surface area contributed by atoms with Crippen LogP contribution in [-0.4, -0.2) is 25.5 Å². The normalized spacial score (nSPS) is 10.1. The van der Waals surface area contributed by atoms with Crippen molar-refractivity contribution in [3.8, 4) is 0 Å². The fraction of sp³-hybridized carbons (Fsp3) is 0.467. The molecule has 0 saturated heterocycles. The van der Waals surface area contributed by atoms with Crippen molar-refractivity contribution in [1.29, 1.82) is 0 Å². The predicted molar refractivity (Wildman–Crippen MR) is 78.3 cm³/mol. The number of nitrogen functional groups attached to an aromatic ring is 1.